The molecule has 1 amide bonds. The average Bonchev–Trinajstić information content (AvgIpc) is 3.32. The highest BCUT2D eigenvalue weighted by molar-refractivity contribution is 5.76. The lowest BCUT2D eigenvalue weighted by Crippen LogP contribution is -2.40. The van der Waals surface area contributed by atoms with E-state index in [0.29, 0.717) is 56.5 Å². The van der Waals surface area contributed by atoms with Crippen LogP contribution in [0.4, 0.5) is 5.95 Å². The fourth-order valence-corrected chi connectivity index (χ4v) is 5.09. The quantitative estimate of drug-likeness (QED) is 0.636. The summed E-state index contributed by atoms with van der Waals surface area (Å²) < 4.78 is 11.0. The number of anilines is 1. The molecule has 33 heavy (non-hydrogen) atoms. The number of amides is 1. The molecule has 1 saturated heterocycles. The fourth-order valence-electron chi connectivity index (χ4n) is 5.09. The zero-order valence-electron chi connectivity index (χ0n) is 19.6. The minimum atomic E-state index is -0.168. The van der Waals surface area contributed by atoms with Gasteiger partial charge in [0.05, 0.1) is 20.3 Å². The molecule has 0 atom stereocenters. The maximum absolute atomic E-state index is 12.7. The van der Waals surface area contributed by atoms with E-state index in [1.165, 1.54) is 5.56 Å². The number of morpholine rings is 1. The van der Waals surface area contributed by atoms with Gasteiger partial charge >= 0.3 is 0 Å². The second-order valence-electron chi connectivity index (χ2n) is 9.02. The number of aryl methyl sites for hydroxylation is 1. The number of aromatic nitrogens is 2. The molecule has 1 aliphatic carbocycles. The van der Waals surface area contributed by atoms with Gasteiger partial charge in [0.2, 0.25) is 11.9 Å². The summed E-state index contributed by atoms with van der Waals surface area (Å²) in [6, 6.07) is 8.10. The lowest BCUT2D eigenvalue weighted by molar-refractivity contribution is -0.121. The Bertz CT molecular complexity index is 1020. The molecular formula is C25H34N4O4. The molecule has 2 heterocycles. The third-order valence-electron chi connectivity index (χ3n) is 6.99. The van der Waals surface area contributed by atoms with Crippen molar-refractivity contribution in [1.29, 1.82) is 0 Å². The van der Waals surface area contributed by atoms with Gasteiger partial charge in [0.25, 0.3) is 5.56 Å². The van der Waals surface area contributed by atoms with E-state index in [1.807, 2.05) is 30.0 Å². The molecule has 1 aromatic heterocycles. The molecule has 2 N–H and O–H groups in total. The molecule has 8 heteroatoms. The van der Waals surface area contributed by atoms with E-state index in [9.17, 15) is 9.59 Å². The van der Waals surface area contributed by atoms with Crippen LogP contribution in [0, 0.1) is 6.92 Å². The maximum atomic E-state index is 12.7. The van der Waals surface area contributed by atoms with Gasteiger partial charge in [-0.3, -0.25) is 14.6 Å². The zero-order chi connectivity index (χ0) is 23.3. The number of rotatable bonds is 8. The molecule has 0 bridgehead atoms. The molecule has 0 unspecified atom stereocenters. The summed E-state index contributed by atoms with van der Waals surface area (Å²) in [4.78, 5) is 34.9. The van der Waals surface area contributed by atoms with Crippen molar-refractivity contribution < 1.29 is 14.3 Å². The summed E-state index contributed by atoms with van der Waals surface area (Å²) in [5, 5.41) is 3.14. The molecule has 4 rings (SSSR count). The summed E-state index contributed by atoms with van der Waals surface area (Å²) in [6.07, 6.45) is 4.96. The van der Waals surface area contributed by atoms with Crippen molar-refractivity contribution in [2.75, 3.05) is 44.9 Å². The number of hydrogen-bond donors (Lipinski definition) is 2. The SMILES string of the molecule is COc1ccccc1C1(CNC(=O)CCc2c(C)nc(N3CCOCC3)[nH]c2=O)CCCC1. The number of nitrogens with one attached hydrogen (secondary N) is 2. The summed E-state index contributed by atoms with van der Waals surface area (Å²) in [5.74, 6) is 1.41. The number of H-pyrrole nitrogens is 1. The first-order valence-electron chi connectivity index (χ1n) is 11.8. The van der Waals surface area contributed by atoms with Gasteiger partial charge in [0.1, 0.15) is 5.75 Å². The molecule has 2 aromatic rings. The largest absolute Gasteiger partial charge is 0.496 e. The fraction of sp³-hybridized carbons (Fsp3) is 0.560. The number of hydrogen-bond acceptors (Lipinski definition) is 6. The van der Waals surface area contributed by atoms with Crippen molar-refractivity contribution in [3.8, 4) is 5.75 Å². The number of methoxy groups -OCH3 is 1. The minimum Gasteiger partial charge on any atom is -0.496 e. The van der Waals surface area contributed by atoms with Crippen molar-refractivity contribution in [3.05, 3.63) is 51.4 Å². The number of carbonyl (C=O) groups excluding carboxylic acids is 1. The van der Waals surface area contributed by atoms with Crippen molar-refractivity contribution in [2.24, 2.45) is 0 Å². The lowest BCUT2D eigenvalue weighted by Gasteiger charge is -2.31. The molecule has 0 spiro atoms. The van der Waals surface area contributed by atoms with Gasteiger partial charge in [-0.05, 0) is 32.3 Å². The highest BCUT2D eigenvalue weighted by Gasteiger charge is 2.38. The Kier molecular flexibility index (Phi) is 7.33. The first kappa shape index (κ1) is 23.3. The molecule has 0 radical (unpaired) electrons. The monoisotopic (exact) mass is 454 g/mol. The Morgan fingerprint density at radius 1 is 1.24 bits per heavy atom. The standard InChI is InChI=1S/C25H34N4O4/c1-18-19(23(31)28-24(27-18)29-13-15-33-16-14-29)9-10-22(30)26-17-25(11-5-6-12-25)20-7-3-4-8-21(20)32-2/h3-4,7-8H,5-6,9-17H2,1-2H3,(H,26,30)(H,27,28,31). The Labute approximate surface area is 194 Å². The van der Waals surface area contributed by atoms with E-state index < -0.39 is 0 Å². The van der Waals surface area contributed by atoms with Gasteiger partial charge in [-0.2, -0.15) is 0 Å². The van der Waals surface area contributed by atoms with Crippen molar-refractivity contribution in [1.82, 2.24) is 15.3 Å². The maximum Gasteiger partial charge on any atom is 0.255 e. The first-order chi connectivity index (χ1) is 16.0. The van der Waals surface area contributed by atoms with Crippen LogP contribution >= 0.6 is 0 Å². The smallest absolute Gasteiger partial charge is 0.255 e. The average molecular weight is 455 g/mol. The first-order valence-corrected chi connectivity index (χ1v) is 11.8. The normalized spacial score (nSPS) is 17.7. The number of ether oxygens (including phenoxy) is 2. The third-order valence-corrected chi connectivity index (χ3v) is 6.99. The van der Waals surface area contributed by atoms with E-state index in [2.05, 4.69) is 21.4 Å². The van der Waals surface area contributed by atoms with Crippen LogP contribution < -0.4 is 20.5 Å². The number of para-hydroxylation sites is 1. The molecule has 2 fully saturated rings. The summed E-state index contributed by atoms with van der Waals surface area (Å²) in [6.45, 7) is 5.08. The van der Waals surface area contributed by atoms with Crippen LogP contribution in [0.15, 0.2) is 29.1 Å². The van der Waals surface area contributed by atoms with Crippen LogP contribution in [-0.4, -0.2) is 55.8 Å². The van der Waals surface area contributed by atoms with Crippen LogP contribution in [0.3, 0.4) is 0 Å². The molecule has 8 nitrogen and oxygen atoms in total. The van der Waals surface area contributed by atoms with Gasteiger partial charge in [0, 0.05) is 48.3 Å². The van der Waals surface area contributed by atoms with Crippen molar-refractivity contribution in [2.45, 2.75) is 50.9 Å². The van der Waals surface area contributed by atoms with Gasteiger partial charge in [-0.1, -0.05) is 31.0 Å². The van der Waals surface area contributed by atoms with Crippen LogP contribution in [0.2, 0.25) is 0 Å². The molecule has 2 aliphatic rings. The summed E-state index contributed by atoms with van der Waals surface area (Å²) in [7, 11) is 1.69. The zero-order valence-corrected chi connectivity index (χ0v) is 19.6. The Hall–Kier alpha value is -2.87. The van der Waals surface area contributed by atoms with E-state index in [4.69, 9.17) is 9.47 Å². The highest BCUT2D eigenvalue weighted by atomic mass is 16.5. The number of nitrogens with zero attached hydrogens (tertiary/aromatic N) is 2. The van der Waals surface area contributed by atoms with E-state index in [-0.39, 0.29) is 23.3 Å². The number of carbonyl (C=O) groups is 1. The topological polar surface area (TPSA) is 96.5 Å². The van der Waals surface area contributed by atoms with E-state index >= 15 is 0 Å². The van der Waals surface area contributed by atoms with Crippen LogP contribution in [-0.2, 0) is 21.4 Å². The van der Waals surface area contributed by atoms with Gasteiger partial charge in [-0.15, -0.1) is 0 Å². The molecule has 1 aliphatic heterocycles. The molecular weight excluding hydrogens is 420 g/mol. The van der Waals surface area contributed by atoms with E-state index in [0.717, 1.165) is 31.4 Å². The molecule has 1 saturated carbocycles. The van der Waals surface area contributed by atoms with Gasteiger partial charge in [0.15, 0.2) is 0 Å². The van der Waals surface area contributed by atoms with Gasteiger partial charge in [-0.25, -0.2) is 4.98 Å². The highest BCUT2D eigenvalue weighted by Crippen LogP contribution is 2.44. The van der Waals surface area contributed by atoms with Crippen LogP contribution in [0.25, 0.3) is 0 Å². The Morgan fingerprint density at radius 2 is 1.97 bits per heavy atom. The third kappa shape index (κ3) is 5.21. The second-order valence-corrected chi connectivity index (χ2v) is 9.02. The summed E-state index contributed by atoms with van der Waals surface area (Å²) in [5.41, 5.74) is 2.15. The predicted molar refractivity (Wildman–Crippen MR) is 127 cm³/mol. The molecule has 1 aromatic carbocycles. The Balaban J connectivity index is 1.38. The van der Waals surface area contributed by atoms with E-state index in [1.54, 1.807) is 7.11 Å². The summed E-state index contributed by atoms with van der Waals surface area (Å²) >= 11 is 0. The van der Waals surface area contributed by atoms with Crippen molar-refractivity contribution in [3.63, 3.8) is 0 Å². The van der Waals surface area contributed by atoms with Crippen molar-refractivity contribution >= 4 is 11.9 Å². The molecule has 178 valence electrons. The van der Waals surface area contributed by atoms with Gasteiger partial charge < -0.3 is 19.7 Å². The number of benzene rings is 1. The number of aromatic amines is 1. The van der Waals surface area contributed by atoms with Crippen LogP contribution in [0.1, 0.15) is 48.9 Å². The minimum absolute atomic E-state index is 0.0489. The predicted octanol–water partition coefficient (Wildman–Crippen LogP) is 2.48. The second kappa shape index (κ2) is 10.4. The Morgan fingerprint density at radius 3 is 2.67 bits per heavy atom. The van der Waals surface area contributed by atoms with Crippen LogP contribution in [0.5, 0.6) is 5.75 Å². The lowest BCUT2D eigenvalue weighted by atomic mass is 9.78.